The topological polar surface area (TPSA) is 71.3 Å². The molecule has 0 aliphatic carbocycles. The third kappa shape index (κ3) is 2.56. The highest BCUT2D eigenvalue weighted by Gasteiger charge is 2.29. The van der Waals surface area contributed by atoms with Gasteiger partial charge in [0, 0.05) is 23.0 Å². The van der Waals surface area contributed by atoms with Crippen molar-refractivity contribution in [1.29, 1.82) is 0 Å². The molecule has 4 rings (SSSR count). The molecule has 2 N–H and O–H groups in total. The number of carbonyl (C=O) groups excluding carboxylic acids is 1. The Morgan fingerprint density at radius 2 is 2.00 bits per heavy atom. The van der Waals surface area contributed by atoms with Crippen LogP contribution in [0.5, 0.6) is 5.75 Å². The molecule has 1 aromatic heterocycles. The lowest BCUT2D eigenvalue weighted by Gasteiger charge is -2.14. The summed E-state index contributed by atoms with van der Waals surface area (Å²) in [6.07, 6.45) is 0.710. The van der Waals surface area contributed by atoms with E-state index in [0.717, 1.165) is 16.6 Å². The van der Waals surface area contributed by atoms with Crippen LogP contribution in [0.2, 0.25) is 5.02 Å². The average Bonchev–Trinajstić information content (AvgIpc) is 2.96. The summed E-state index contributed by atoms with van der Waals surface area (Å²) in [5.41, 5.74) is 1.91. The van der Waals surface area contributed by atoms with E-state index in [9.17, 15) is 14.7 Å². The molecular weight excluding hydrogens is 352 g/mol. The first-order chi connectivity index (χ1) is 12.5. The van der Waals surface area contributed by atoms with Gasteiger partial charge in [-0.3, -0.25) is 9.59 Å². The molecule has 0 bridgehead atoms. The minimum atomic E-state index is -0.586. The lowest BCUT2D eigenvalue weighted by Crippen LogP contribution is -2.33. The lowest BCUT2D eigenvalue weighted by molar-refractivity contribution is 0.0946. The molecule has 0 spiro atoms. The Balaban J connectivity index is 1.74. The molecular formula is C20H17ClN2O3. The fourth-order valence-electron chi connectivity index (χ4n) is 3.60. The Morgan fingerprint density at radius 1 is 1.27 bits per heavy atom. The van der Waals surface area contributed by atoms with E-state index in [-0.39, 0.29) is 23.9 Å². The number of aromatic hydroxyl groups is 1. The molecule has 26 heavy (non-hydrogen) atoms. The Kier molecular flexibility index (Phi) is 3.96. The molecule has 1 aliphatic rings. The molecule has 0 radical (unpaired) electrons. The Hall–Kier alpha value is -2.79. The van der Waals surface area contributed by atoms with E-state index in [0.29, 0.717) is 16.8 Å². The maximum atomic E-state index is 12.9. The number of aromatic nitrogens is 1. The predicted octanol–water partition coefficient (Wildman–Crippen LogP) is 3.41. The third-order valence-electron chi connectivity index (χ3n) is 4.83. The average molecular weight is 369 g/mol. The van der Waals surface area contributed by atoms with Crippen LogP contribution in [0.4, 0.5) is 0 Å². The largest absolute Gasteiger partial charge is 0.506 e. The van der Waals surface area contributed by atoms with Crippen LogP contribution in [0.15, 0.2) is 47.3 Å². The van der Waals surface area contributed by atoms with Gasteiger partial charge < -0.3 is 15.0 Å². The Morgan fingerprint density at radius 3 is 2.73 bits per heavy atom. The van der Waals surface area contributed by atoms with Crippen LogP contribution in [0.1, 0.15) is 34.5 Å². The lowest BCUT2D eigenvalue weighted by atomic mass is 10.1. The van der Waals surface area contributed by atoms with Gasteiger partial charge in [-0.1, -0.05) is 35.9 Å². The number of amides is 1. The van der Waals surface area contributed by atoms with E-state index in [1.165, 1.54) is 0 Å². The monoisotopic (exact) mass is 368 g/mol. The van der Waals surface area contributed by atoms with Gasteiger partial charge in [-0.05, 0) is 42.7 Å². The zero-order chi connectivity index (χ0) is 18.4. The number of hydrogen-bond donors (Lipinski definition) is 2. The summed E-state index contributed by atoms with van der Waals surface area (Å²) in [4.78, 5) is 25.6. The van der Waals surface area contributed by atoms with Gasteiger partial charge in [0.1, 0.15) is 11.3 Å². The third-order valence-corrected chi connectivity index (χ3v) is 5.09. The minimum absolute atomic E-state index is 0.0502. The number of benzene rings is 2. The molecule has 1 amide bonds. The van der Waals surface area contributed by atoms with Crippen molar-refractivity contribution in [3.05, 3.63) is 74.5 Å². The van der Waals surface area contributed by atoms with Gasteiger partial charge in [0.2, 0.25) is 0 Å². The highest BCUT2D eigenvalue weighted by Crippen LogP contribution is 2.35. The fraction of sp³-hybridized carbons (Fsp3) is 0.200. The fourth-order valence-corrected chi connectivity index (χ4v) is 3.72. The summed E-state index contributed by atoms with van der Waals surface area (Å²) in [6.45, 7) is 2.18. The van der Waals surface area contributed by atoms with Crippen molar-refractivity contribution in [3.63, 3.8) is 0 Å². The molecule has 2 heterocycles. The van der Waals surface area contributed by atoms with Crippen molar-refractivity contribution in [2.24, 2.45) is 0 Å². The number of carbonyl (C=O) groups is 1. The molecule has 0 saturated carbocycles. The van der Waals surface area contributed by atoms with Crippen molar-refractivity contribution >= 4 is 28.4 Å². The number of nitrogens with one attached hydrogen (secondary N) is 1. The Bertz CT molecular complexity index is 1090. The molecule has 132 valence electrons. The first-order valence-electron chi connectivity index (χ1n) is 8.39. The number of nitrogens with zero attached hydrogens (tertiary/aromatic N) is 1. The van der Waals surface area contributed by atoms with Crippen LogP contribution < -0.4 is 10.9 Å². The molecule has 0 fully saturated rings. The number of pyridine rings is 1. The quantitative estimate of drug-likeness (QED) is 0.744. The molecule has 2 aromatic carbocycles. The highest BCUT2D eigenvalue weighted by atomic mass is 35.5. The normalized spacial score (nSPS) is 15.4. The predicted molar refractivity (Wildman–Crippen MR) is 101 cm³/mol. The summed E-state index contributed by atoms with van der Waals surface area (Å²) in [7, 11) is 0. The SMILES string of the molecule is CC1Cc2cccc3c(O)c(C(=O)NCc4ccc(Cl)cc4)c(=O)n1c23. The minimum Gasteiger partial charge on any atom is -0.506 e. The molecule has 1 aliphatic heterocycles. The first kappa shape index (κ1) is 16.7. The van der Waals surface area contributed by atoms with Crippen molar-refractivity contribution in [2.75, 3.05) is 0 Å². The molecule has 6 heteroatoms. The molecule has 5 nitrogen and oxygen atoms in total. The van der Waals surface area contributed by atoms with Crippen LogP contribution >= 0.6 is 11.6 Å². The van der Waals surface area contributed by atoms with E-state index >= 15 is 0 Å². The Labute approximate surface area is 154 Å². The highest BCUT2D eigenvalue weighted by molar-refractivity contribution is 6.30. The van der Waals surface area contributed by atoms with Gasteiger partial charge in [-0.15, -0.1) is 0 Å². The van der Waals surface area contributed by atoms with E-state index in [1.807, 2.05) is 19.1 Å². The van der Waals surface area contributed by atoms with E-state index < -0.39 is 11.5 Å². The second kappa shape index (κ2) is 6.18. The standard InChI is InChI=1S/C20H17ClN2O3/c1-11-9-13-3-2-4-15-17(13)23(11)20(26)16(18(15)24)19(25)22-10-12-5-7-14(21)8-6-12/h2-8,11,24H,9-10H2,1H3,(H,22,25). The van der Waals surface area contributed by atoms with Crippen molar-refractivity contribution in [2.45, 2.75) is 25.9 Å². The van der Waals surface area contributed by atoms with Gasteiger partial charge in [0.05, 0.1) is 5.52 Å². The van der Waals surface area contributed by atoms with Gasteiger partial charge in [-0.2, -0.15) is 0 Å². The number of hydrogen-bond acceptors (Lipinski definition) is 3. The number of para-hydroxylation sites is 1. The summed E-state index contributed by atoms with van der Waals surface area (Å²) in [5, 5.41) is 14.5. The van der Waals surface area contributed by atoms with Crippen molar-refractivity contribution in [3.8, 4) is 5.75 Å². The molecule has 3 aromatic rings. The zero-order valence-corrected chi connectivity index (χ0v) is 14.9. The number of halogens is 1. The van der Waals surface area contributed by atoms with Gasteiger partial charge in [0.15, 0.2) is 0 Å². The van der Waals surface area contributed by atoms with Crippen molar-refractivity contribution in [1.82, 2.24) is 9.88 Å². The number of rotatable bonds is 3. The summed E-state index contributed by atoms with van der Waals surface area (Å²) in [6, 6.07) is 12.5. The second-order valence-corrected chi connectivity index (χ2v) is 7.01. The van der Waals surface area contributed by atoms with Gasteiger partial charge >= 0.3 is 0 Å². The van der Waals surface area contributed by atoms with E-state index in [4.69, 9.17) is 11.6 Å². The zero-order valence-electron chi connectivity index (χ0n) is 14.1. The maximum absolute atomic E-state index is 12.9. The smallest absolute Gasteiger partial charge is 0.267 e. The van der Waals surface area contributed by atoms with Crippen LogP contribution in [-0.2, 0) is 13.0 Å². The van der Waals surface area contributed by atoms with Crippen molar-refractivity contribution < 1.29 is 9.90 Å². The second-order valence-electron chi connectivity index (χ2n) is 6.57. The van der Waals surface area contributed by atoms with E-state index in [2.05, 4.69) is 5.32 Å². The van der Waals surface area contributed by atoms with E-state index in [1.54, 1.807) is 34.9 Å². The molecule has 1 atom stereocenters. The van der Waals surface area contributed by atoms with Crippen LogP contribution in [0.25, 0.3) is 10.9 Å². The summed E-state index contributed by atoms with van der Waals surface area (Å²) < 4.78 is 1.61. The molecule has 1 unspecified atom stereocenters. The van der Waals surface area contributed by atoms with Gasteiger partial charge in [-0.25, -0.2) is 0 Å². The first-order valence-corrected chi connectivity index (χ1v) is 8.77. The van der Waals surface area contributed by atoms with Crippen LogP contribution in [0, 0.1) is 0 Å². The van der Waals surface area contributed by atoms with Crippen LogP contribution in [0.3, 0.4) is 0 Å². The van der Waals surface area contributed by atoms with Crippen LogP contribution in [-0.4, -0.2) is 15.6 Å². The van der Waals surface area contributed by atoms with Gasteiger partial charge in [0.25, 0.3) is 11.5 Å². The molecule has 0 saturated heterocycles. The summed E-state index contributed by atoms with van der Waals surface area (Å²) in [5.74, 6) is -0.844. The maximum Gasteiger partial charge on any atom is 0.267 e. The summed E-state index contributed by atoms with van der Waals surface area (Å²) >= 11 is 5.85.